The number of rotatable bonds is 1. The molecule has 3 heteroatoms. The Morgan fingerprint density at radius 3 is 2.69 bits per heavy atom. The van der Waals surface area contributed by atoms with E-state index in [1.54, 1.807) is 0 Å². The van der Waals surface area contributed by atoms with E-state index in [1.807, 2.05) is 23.9 Å². The van der Waals surface area contributed by atoms with Gasteiger partial charge in [-0.15, -0.1) is 0 Å². The first-order chi connectivity index (χ1) is 6.36. The summed E-state index contributed by atoms with van der Waals surface area (Å²) >= 11 is 7.81. The second kappa shape index (κ2) is 4.36. The highest BCUT2D eigenvalue weighted by molar-refractivity contribution is 7.99. The summed E-state index contributed by atoms with van der Waals surface area (Å²) in [7, 11) is 0. The topological polar surface area (TPSA) is 14.1 Å². The van der Waals surface area contributed by atoms with E-state index in [1.165, 1.54) is 5.56 Å². The third-order valence-electron chi connectivity index (χ3n) is 2.11. The van der Waals surface area contributed by atoms with Gasteiger partial charge in [-0.1, -0.05) is 23.7 Å². The Morgan fingerprint density at radius 2 is 2.08 bits per heavy atom. The molecule has 1 aromatic carbocycles. The molecule has 1 unspecified atom stereocenters. The van der Waals surface area contributed by atoms with Crippen molar-refractivity contribution in [2.45, 2.75) is 5.25 Å². The maximum Gasteiger partial charge on any atom is 0.0439 e. The van der Waals surface area contributed by atoms with Gasteiger partial charge in [-0.2, -0.15) is 11.8 Å². The largest absolute Gasteiger partial charge is 0.239 e. The average Bonchev–Trinajstić information content (AvgIpc) is 2.20. The zero-order valence-corrected chi connectivity index (χ0v) is 8.81. The van der Waals surface area contributed by atoms with Crippen LogP contribution in [0.1, 0.15) is 10.8 Å². The van der Waals surface area contributed by atoms with Gasteiger partial charge in [0.1, 0.15) is 0 Å². The molecule has 0 amide bonds. The maximum atomic E-state index is 5.82. The van der Waals surface area contributed by atoms with Crippen LogP contribution < -0.4 is 5.32 Å². The van der Waals surface area contributed by atoms with Gasteiger partial charge in [0.2, 0.25) is 0 Å². The van der Waals surface area contributed by atoms with Crippen molar-refractivity contribution in [3.8, 4) is 0 Å². The molecule has 1 radical (unpaired) electrons. The molecule has 1 aromatic rings. The molecule has 1 heterocycles. The molecule has 0 N–H and O–H groups in total. The fourth-order valence-electron chi connectivity index (χ4n) is 1.40. The zero-order valence-electron chi connectivity index (χ0n) is 7.24. The van der Waals surface area contributed by atoms with Crippen LogP contribution >= 0.6 is 23.4 Å². The van der Waals surface area contributed by atoms with Gasteiger partial charge >= 0.3 is 0 Å². The summed E-state index contributed by atoms with van der Waals surface area (Å²) in [5.41, 5.74) is 1.35. The van der Waals surface area contributed by atoms with E-state index in [0.29, 0.717) is 5.25 Å². The van der Waals surface area contributed by atoms with Crippen molar-refractivity contribution in [2.24, 2.45) is 0 Å². The molecule has 1 nitrogen and oxygen atoms in total. The minimum Gasteiger partial charge on any atom is -0.239 e. The van der Waals surface area contributed by atoms with Crippen molar-refractivity contribution in [3.63, 3.8) is 0 Å². The molecule has 1 atom stereocenters. The van der Waals surface area contributed by atoms with Gasteiger partial charge in [-0.05, 0) is 17.7 Å². The normalized spacial score (nSPS) is 23.0. The lowest BCUT2D eigenvalue weighted by Crippen LogP contribution is -2.21. The molecule has 0 saturated carbocycles. The Bertz CT molecular complexity index is 267. The molecule has 1 saturated heterocycles. The number of benzene rings is 1. The van der Waals surface area contributed by atoms with Crippen molar-refractivity contribution in [1.29, 1.82) is 0 Å². The summed E-state index contributed by atoms with van der Waals surface area (Å²) in [6.45, 7) is 1.96. The van der Waals surface area contributed by atoms with Crippen molar-refractivity contribution in [3.05, 3.63) is 34.9 Å². The highest BCUT2D eigenvalue weighted by atomic mass is 35.5. The molecule has 69 valence electrons. The predicted octanol–water partition coefficient (Wildman–Crippen LogP) is 2.73. The van der Waals surface area contributed by atoms with Crippen LogP contribution in [0.3, 0.4) is 0 Å². The number of thioether (sulfide) groups is 1. The number of nitrogens with zero attached hydrogens (tertiary/aromatic N) is 1. The second-order valence-electron chi connectivity index (χ2n) is 3.04. The number of hydrogen-bond acceptors (Lipinski definition) is 1. The Balaban J connectivity index is 2.10. The Morgan fingerprint density at radius 1 is 1.31 bits per heavy atom. The van der Waals surface area contributed by atoms with Crippen molar-refractivity contribution >= 4 is 23.4 Å². The van der Waals surface area contributed by atoms with Crippen LogP contribution in [0.5, 0.6) is 0 Å². The molecule has 2 rings (SSSR count). The molecular formula is C10H11ClNS. The van der Waals surface area contributed by atoms with Crippen molar-refractivity contribution < 1.29 is 0 Å². The molecule has 0 aliphatic carbocycles. The third-order valence-corrected chi connectivity index (χ3v) is 3.60. The molecule has 13 heavy (non-hydrogen) atoms. The SMILES string of the molecule is Clc1ccc(C2C[N]CCS2)cc1. The van der Waals surface area contributed by atoms with Gasteiger partial charge in [0.25, 0.3) is 0 Å². The van der Waals surface area contributed by atoms with Gasteiger partial charge in [-0.3, -0.25) is 0 Å². The standard InChI is InChI=1S/C10H11ClNS/c11-9-3-1-8(2-4-9)10-7-12-5-6-13-10/h1-4,10H,5-7H2. The lowest BCUT2D eigenvalue weighted by atomic mass is 10.1. The molecule has 1 aliphatic heterocycles. The monoisotopic (exact) mass is 212 g/mol. The first kappa shape index (κ1) is 9.38. The second-order valence-corrected chi connectivity index (χ2v) is 4.79. The number of halogens is 1. The average molecular weight is 213 g/mol. The summed E-state index contributed by atoms with van der Waals surface area (Å²) in [6, 6.07) is 8.10. The van der Waals surface area contributed by atoms with Gasteiger partial charge in [-0.25, -0.2) is 5.32 Å². The summed E-state index contributed by atoms with van der Waals surface area (Å²) in [6.07, 6.45) is 0. The minimum atomic E-state index is 0.547. The molecule has 1 aliphatic rings. The van der Waals surface area contributed by atoms with E-state index in [9.17, 15) is 0 Å². The van der Waals surface area contributed by atoms with Gasteiger partial charge in [0.15, 0.2) is 0 Å². The van der Waals surface area contributed by atoms with E-state index in [-0.39, 0.29) is 0 Å². The van der Waals surface area contributed by atoms with Crippen LogP contribution in [0.25, 0.3) is 0 Å². The smallest absolute Gasteiger partial charge is 0.0439 e. The Labute approximate surface area is 87.9 Å². The van der Waals surface area contributed by atoms with Gasteiger partial charge in [0, 0.05) is 29.1 Å². The molecule has 0 spiro atoms. The quantitative estimate of drug-likeness (QED) is 0.698. The summed E-state index contributed by atoms with van der Waals surface area (Å²) in [4.78, 5) is 0. The van der Waals surface area contributed by atoms with E-state index in [4.69, 9.17) is 11.6 Å². The summed E-state index contributed by atoms with van der Waals surface area (Å²) in [5, 5.41) is 5.76. The van der Waals surface area contributed by atoms with E-state index >= 15 is 0 Å². The van der Waals surface area contributed by atoms with Crippen LogP contribution in [-0.4, -0.2) is 18.8 Å². The van der Waals surface area contributed by atoms with Crippen LogP contribution in [0, 0.1) is 0 Å². The van der Waals surface area contributed by atoms with Crippen LogP contribution in [-0.2, 0) is 0 Å². The van der Waals surface area contributed by atoms with Crippen LogP contribution in [0.4, 0.5) is 0 Å². The predicted molar refractivity (Wildman–Crippen MR) is 58.5 cm³/mol. The third kappa shape index (κ3) is 2.39. The molecule has 0 bridgehead atoms. The van der Waals surface area contributed by atoms with Crippen molar-refractivity contribution in [2.75, 3.05) is 18.8 Å². The Hall–Kier alpha value is -0.180. The lowest BCUT2D eigenvalue weighted by molar-refractivity contribution is 0.675. The summed E-state index contributed by atoms with van der Waals surface area (Å²) in [5.74, 6) is 1.15. The zero-order chi connectivity index (χ0) is 9.10. The highest BCUT2D eigenvalue weighted by Gasteiger charge is 2.15. The summed E-state index contributed by atoms with van der Waals surface area (Å²) < 4.78 is 0. The van der Waals surface area contributed by atoms with Crippen molar-refractivity contribution in [1.82, 2.24) is 5.32 Å². The van der Waals surface area contributed by atoms with Gasteiger partial charge in [0.05, 0.1) is 0 Å². The molecule has 0 aromatic heterocycles. The fourth-order valence-corrected chi connectivity index (χ4v) is 2.61. The number of hydrogen-bond donors (Lipinski definition) is 0. The minimum absolute atomic E-state index is 0.547. The molecular weight excluding hydrogens is 202 g/mol. The fraction of sp³-hybridized carbons (Fsp3) is 0.400. The first-order valence-electron chi connectivity index (χ1n) is 4.36. The van der Waals surface area contributed by atoms with Gasteiger partial charge < -0.3 is 0 Å². The van der Waals surface area contributed by atoms with Crippen LogP contribution in [0.2, 0.25) is 5.02 Å². The first-order valence-corrected chi connectivity index (χ1v) is 5.79. The molecule has 1 fully saturated rings. The van der Waals surface area contributed by atoms with E-state index in [2.05, 4.69) is 17.4 Å². The maximum absolute atomic E-state index is 5.82. The highest BCUT2D eigenvalue weighted by Crippen LogP contribution is 2.30. The lowest BCUT2D eigenvalue weighted by Gasteiger charge is -2.21. The Kier molecular flexibility index (Phi) is 3.14. The van der Waals surface area contributed by atoms with E-state index in [0.717, 1.165) is 23.9 Å². The van der Waals surface area contributed by atoms with E-state index < -0.39 is 0 Å². The van der Waals surface area contributed by atoms with Crippen LogP contribution in [0.15, 0.2) is 24.3 Å².